The number of hydrogen-bond donors (Lipinski definition) is 1. The van der Waals surface area contributed by atoms with E-state index in [2.05, 4.69) is 0 Å². The smallest absolute Gasteiger partial charge is 0.380 e. The number of aliphatic hydroxyl groups is 1. The lowest BCUT2D eigenvalue weighted by Gasteiger charge is -2.38. The van der Waals surface area contributed by atoms with Gasteiger partial charge in [0.25, 0.3) is 0 Å². The van der Waals surface area contributed by atoms with Crippen molar-refractivity contribution in [3.05, 3.63) is 69.7 Å². The summed E-state index contributed by atoms with van der Waals surface area (Å²) in [6.45, 7) is 5.21. The summed E-state index contributed by atoms with van der Waals surface area (Å²) in [7, 11) is 0. The molecule has 0 fully saturated rings. The second-order valence-electron chi connectivity index (χ2n) is 7.50. The molecular weight excluding hydrogens is 375 g/mol. The Bertz CT molecular complexity index is 870. The van der Waals surface area contributed by atoms with Crippen LogP contribution in [0.15, 0.2) is 42.5 Å². The number of alkyl halides is 3. The molecule has 0 bridgehead atoms. The van der Waals surface area contributed by atoms with Gasteiger partial charge in [-0.15, -0.1) is 0 Å². The maximum absolute atomic E-state index is 13.9. The van der Waals surface area contributed by atoms with Crippen molar-refractivity contribution in [1.82, 2.24) is 0 Å². The van der Waals surface area contributed by atoms with E-state index >= 15 is 0 Å². The van der Waals surface area contributed by atoms with E-state index in [1.807, 2.05) is 25.1 Å². The summed E-state index contributed by atoms with van der Waals surface area (Å²) in [5, 5.41) is 19.6. The third-order valence-corrected chi connectivity index (χ3v) is 5.15. The van der Waals surface area contributed by atoms with Gasteiger partial charge in [-0.25, -0.2) is 0 Å². The molecule has 0 aromatic heterocycles. The predicted octanol–water partition coefficient (Wildman–Crippen LogP) is 5.72. The summed E-state index contributed by atoms with van der Waals surface area (Å²) >= 11 is 6.05. The first-order chi connectivity index (χ1) is 12.4. The van der Waals surface area contributed by atoms with Crippen molar-refractivity contribution >= 4 is 11.6 Å². The largest absolute Gasteiger partial charge is 0.417 e. The molecule has 0 aliphatic rings. The van der Waals surface area contributed by atoms with Crippen molar-refractivity contribution in [2.24, 2.45) is 0 Å². The normalized spacial score (nSPS) is 14.5. The molecule has 2 nitrogen and oxygen atoms in total. The molecule has 144 valence electrons. The van der Waals surface area contributed by atoms with Crippen molar-refractivity contribution in [3.63, 3.8) is 0 Å². The van der Waals surface area contributed by atoms with E-state index in [-0.39, 0.29) is 16.1 Å². The van der Waals surface area contributed by atoms with Gasteiger partial charge in [0, 0.05) is 11.4 Å². The molecule has 0 saturated heterocycles. The quantitative estimate of drug-likeness (QED) is 0.703. The van der Waals surface area contributed by atoms with Crippen LogP contribution in [0.25, 0.3) is 0 Å². The van der Waals surface area contributed by atoms with Gasteiger partial charge in [0.15, 0.2) is 5.60 Å². The Hall–Kier alpha value is -2.03. The van der Waals surface area contributed by atoms with E-state index in [0.29, 0.717) is 0 Å². The zero-order valence-electron chi connectivity index (χ0n) is 15.4. The summed E-state index contributed by atoms with van der Waals surface area (Å²) in [5.74, 6) is 0. The molecule has 0 spiro atoms. The van der Waals surface area contributed by atoms with E-state index in [1.165, 1.54) is 18.2 Å². The number of hydrogen-bond acceptors (Lipinski definition) is 2. The first-order valence-corrected chi connectivity index (χ1v) is 8.81. The number of nitrogens with zero attached hydrogens (tertiary/aromatic N) is 1. The van der Waals surface area contributed by atoms with Gasteiger partial charge in [-0.1, -0.05) is 55.8 Å². The lowest BCUT2D eigenvalue weighted by molar-refractivity contribution is -0.266. The standard InChI is InChI=1S/C21H21ClF3NO/c1-14-6-4-5-7-17(14)19(2,3)13-20(27,21(23,24)25)11-16-9-8-15(12-26)10-18(16)22/h4-10,27H,11,13H2,1-3H3. The van der Waals surface area contributed by atoms with Crippen LogP contribution in [0.2, 0.25) is 5.02 Å². The molecule has 0 amide bonds. The highest BCUT2D eigenvalue weighted by atomic mass is 35.5. The molecule has 0 aliphatic heterocycles. The van der Waals surface area contributed by atoms with Crippen LogP contribution < -0.4 is 0 Å². The predicted molar refractivity (Wildman–Crippen MR) is 99.7 cm³/mol. The third kappa shape index (κ3) is 4.63. The minimum absolute atomic E-state index is 0.0328. The Labute approximate surface area is 162 Å². The van der Waals surface area contributed by atoms with E-state index < -0.39 is 30.0 Å². The van der Waals surface area contributed by atoms with Gasteiger partial charge in [-0.2, -0.15) is 18.4 Å². The Morgan fingerprint density at radius 3 is 2.26 bits per heavy atom. The monoisotopic (exact) mass is 395 g/mol. The molecule has 2 rings (SSSR count). The average Bonchev–Trinajstić information content (AvgIpc) is 2.55. The fourth-order valence-corrected chi connectivity index (χ4v) is 3.74. The number of rotatable bonds is 5. The molecule has 1 N–H and O–H groups in total. The second kappa shape index (κ2) is 7.53. The number of nitriles is 1. The van der Waals surface area contributed by atoms with Crippen LogP contribution in [0.1, 0.15) is 42.5 Å². The van der Waals surface area contributed by atoms with Crippen molar-refractivity contribution < 1.29 is 18.3 Å². The lowest BCUT2D eigenvalue weighted by Crippen LogP contribution is -2.51. The second-order valence-corrected chi connectivity index (χ2v) is 7.91. The van der Waals surface area contributed by atoms with Crippen molar-refractivity contribution in [2.75, 3.05) is 0 Å². The molecule has 2 aromatic carbocycles. The van der Waals surface area contributed by atoms with E-state index in [4.69, 9.17) is 16.9 Å². The Kier molecular flexibility index (Phi) is 5.94. The van der Waals surface area contributed by atoms with Gasteiger partial charge in [0.05, 0.1) is 11.6 Å². The number of benzene rings is 2. The van der Waals surface area contributed by atoms with Crippen LogP contribution >= 0.6 is 11.6 Å². The zero-order valence-corrected chi connectivity index (χ0v) is 16.1. The molecule has 0 heterocycles. The van der Waals surface area contributed by atoms with Crippen LogP contribution in [0, 0.1) is 18.3 Å². The Morgan fingerprint density at radius 1 is 1.11 bits per heavy atom. The minimum Gasteiger partial charge on any atom is -0.380 e. The summed E-state index contributed by atoms with van der Waals surface area (Å²) in [4.78, 5) is 0. The molecule has 1 atom stereocenters. The fourth-order valence-electron chi connectivity index (χ4n) is 3.50. The van der Waals surface area contributed by atoms with Crippen LogP contribution in [0.3, 0.4) is 0 Å². The molecule has 0 radical (unpaired) electrons. The minimum atomic E-state index is -4.84. The highest BCUT2D eigenvalue weighted by molar-refractivity contribution is 6.31. The fraction of sp³-hybridized carbons (Fsp3) is 0.381. The average molecular weight is 396 g/mol. The SMILES string of the molecule is Cc1ccccc1C(C)(C)CC(O)(Cc1ccc(C#N)cc1Cl)C(F)(F)F. The van der Waals surface area contributed by atoms with Crippen LogP contribution in [-0.2, 0) is 11.8 Å². The first-order valence-electron chi connectivity index (χ1n) is 8.43. The van der Waals surface area contributed by atoms with Gasteiger partial charge in [0.1, 0.15) is 0 Å². The maximum Gasteiger partial charge on any atom is 0.417 e. The summed E-state index contributed by atoms with van der Waals surface area (Å²) in [5.41, 5.74) is -1.87. The van der Waals surface area contributed by atoms with Gasteiger partial charge in [-0.3, -0.25) is 0 Å². The zero-order chi connectivity index (χ0) is 20.5. The topological polar surface area (TPSA) is 44.0 Å². The molecule has 27 heavy (non-hydrogen) atoms. The number of aryl methyl sites for hydroxylation is 1. The van der Waals surface area contributed by atoms with E-state index in [1.54, 1.807) is 26.0 Å². The van der Waals surface area contributed by atoms with Crippen LogP contribution in [-0.4, -0.2) is 16.9 Å². The number of halogens is 4. The summed E-state index contributed by atoms with van der Waals surface area (Å²) in [6, 6.07) is 13.1. The molecule has 2 aromatic rings. The van der Waals surface area contributed by atoms with Gasteiger partial charge in [-0.05, 0) is 47.6 Å². The molecule has 0 aliphatic carbocycles. The van der Waals surface area contributed by atoms with Gasteiger partial charge >= 0.3 is 6.18 Å². The van der Waals surface area contributed by atoms with Crippen LogP contribution in [0.5, 0.6) is 0 Å². The van der Waals surface area contributed by atoms with E-state index in [0.717, 1.165) is 11.1 Å². The van der Waals surface area contributed by atoms with Crippen LogP contribution in [0.4, 0.5) is 13.2 Å². The summed E-state index contributed by atoms with van der Waals surface area (Å²) < 4.78 is 41.6. The summed E-state index contributed by atoms with van der Waals surface area (Å²) in [6.07, 6.45) is -6.05. The maximum atomic E-state index is 13.9. The highest BCUT2D eigenvalue weighted by Gasteiger charge is 2.56. The molecule has 1 unspecified atom stereocenters. The van der Waals surface area contributed by atoms with Crippen molar-refractivity contribution in [2.45, 2.75) is 50.8 Å². The Morgan fingerprint density at radius 2 is 1.74 bits per heavy atom. The van der Waals surface area contributed by atoms with Crippen molar-refractivity contribution in [3.8, 4) is 6.07 Å². The van der Waals surface area contributed by atoms with Crippen molar-refractivity contribution in [1.29, 1.82) is 5.26 Å². The highest BCUT2D eigenvalue weighted by Crippen LogP contribution is 2.44. The molecule has 6 heteroatoms. The molecular formula is C21H21ClF3NO. The molecule has 0 saturated carbocycles. The lowest BCUT2D eigenvalue weighted by atomic mass is 9.72. The Balaban J connectivity index is 2.43. The third-order valence-electron chi connectivity index (χ3n) is 4.80. The van der Waals surface area contributed by atoms with E-state index in [9.17, 15) is 18.3 Å². The van der Waals surface area contributed by atoms with Gasteiger partial charge in [0.2, 0.25) is 0 Å². The first kappa shape index (κ1) is 21.3. The van der Waals surface area contributed by atoms with Gasteiger partial charge < -0.3 is 5.11 Å².